The molecule has 0 heterocycles. The van der Waals surface area contributed by atoms with E-state index in [2.05, 4.69) is 0 Å². The molecule has 2 N–H and O–H groups in total. The summed E-state index contributed by atoms with van der Waals surface area (Å²) in [5.41, 5.74) is 9.44. The highest BCUT2D eigenvalue weighted by molar-refractivity contribution is 6.31. The summed E-state index contributed by atoms with van der Waals surface area (Å²) in [4.78, 5) is 0. The van der Waals surface area contributed by atoms with Crippen molar-refractivity contribution < 1.29 is 4.39 Å². The quantitative estimate of drug-likeness (QED) is 0.800. The predicted octanol–water partition coefficient (Wildman–Crippen LogP) is 4.61. The molecular weight excluding hydrogens is 272 g/mol. The minimum Gasteiger partial charge on any atom is -0.398 e. The number of halogens is 3. The Hall–Kier alpha value is -1.25. The summed E-state index contributed by atoms with van der Waals surface area (Å²) in [7, 11) is 0. The Kier molecular flexibility index (Phi) is 3.79. The van der Waals surface area contributed by atoms with E-state index < -0.39 is 5.82 Å². The van der Waals surface area contributed by atoms with Crippen LogP contribution in [-0.2, 0) is 6.42 Å². The fourth-order valence-electron chi connectivity index (χ4n) is 1.81. The maximum Gasteiger partial charge on any atom is 0.141 e. The zero-order chi connectivity index (χ0) is 13.3. The Bertz CT molecular complexity index is 597. The van der Waals surface area contributed by atoms with Crippen LogP contribution >= 0.6 is 23.2 Å². The second kappa shape index (κ2) is 5.17. The largest absolute Gasteiger partial charge is 0.398 e. The predicted molar refractivity (Wildman–Crippen MR) is 74.8 cm³/mol. The zero-order valence-corrected chi connectivity index (χ0v) is 11.3. The number of anilines is 1. The number of rotatable bonds is 2. The van der Waals surface area contributed by atoms with Gasteiger partial charge >= 0.3 is 0 Å². The molecule has 2 aromatic rings. The lowest BCUT2D eigenvalue weighted by molar-refractivity contribution is 0.627. The molecule has 0 radical (unpaired) electrons. The van der Waals surface area contributed by atoms with Crippen molar-refractivity contribution in [2.24, 2.45) is 0 Å². The van der Waals surface area contributed by atoms with E-state index in [9.17, 15) is 4.39 Å². The maximum absolute atomic E-state index is 13.1. The van der Waals surface area contributed by atoms with E-state index in [0.717, 1.165) is 16.7 Å². The summed E-state index contributed by atoms with van der Waals surface area (Å²) >= 11 is 11.7. The van der Waals surface area contributed by atoms with Crippen molar-refractivity contribution in [3.63, 3.8) is 0 Å². The minimum atomic E-state index is -0.414. The van der Waals surface area contributed by atoms with E-state index in [0.29, 0.717) is 17.1 Å². The molecular formula is C14H12Cl2FN. The van der Waals surface area contributed by atoms with Gasteiger partial charge in [-0.1, -0.05) is 29.3 Å². The minimum absolute atomic E-state index is 0.125. The Morgan fingerprint density at radius 2 is 1.89 bits per heavy atom. The highest BCUT2D eigenvalue weighted by Crippen LogP contribution is 2.25. The number of nitrogen functional groups attached to an aromatic ring is 1. The maximum atomic E-state index is 13.1. The Morgan fingerprint density at radius 3 is 2.56 bits per heavy atom. The van der Waals surface area contributed by atoms with Crippen LogP contribution in [0.2, 0.25) is 10.0 Å². The van der Waals surface area contributed by atoms with Crippen LogP contribution in [0.4, 0.5) is 10.1 Å². The third-order valence-corrected chi connectivity index (χ3v) is 3.41. The van der Waals surface area contributed by atoms with Gasteiger partial charge in [-0.25, -0.2) is 4.39 Å². The molecule has 18 heavy (non-hydrogen) atoms. The number of hydrogen-bond acceptors (Lipinski definition) is 1. The van der Waals surface area contributed by atoms with E-state index in [-0.39, 0.29) is 5.02 Å². The first-order chi connectivity index (χ1) is 8.47. The Morgan fingerprint density at radius 1 is 1.17 bits per heavy atom. The van der Waals surface area contributed by atoms with Crippen LogP contribution in [0.25, 0.3) is 0 Å². The monoisotopic (exact) mass is 283 g/mol. The van der Waals surface area contributed by atoms with Crippen molar-refractivity contribution >= 4 is 28.9 Å². The van der Waals surface area contributed by atoms with Crippen LogP contribution in [0, 0.1) is 12.7 Å². The molecule has 0 amide bonds. The van der Waals surface area contributed by atoms with E-state index in [1.165, 1.54) is 6.07 Å². The molecule has 0 aliphatic carbocycles. The van der Waals surface area contributed by atoms with E-state index in [1.807, 2.05) is 13.0 Å². The molecule has 0 spiro atoms. The van der Waals surface area contributed by atoms with Crippen LogP contribution < -0.4 is 5.73 Å². The smallest absolute Gasteiger partial charge is 0.141 e. The van der Waals surface area contributed by atoms with Crippen molar-refractivity contribution in [3.8, 4) is 0 Å². The second-order valence-electron chi connectivity index (χ2n) is 4.20. The molecule has 0 aliphatic rings. The molecule has 94 valence electrons. The van der Waals surface area contributed by atoms with Gasteiger partial charge in [-0.2, -0.15) is 0 Å². The van der Waals surface area contributed by atoms with Gasteiger partial charge in [0, 0.05) is 10.7 Å². The number of nitrogens with two attached hydrogens (primary N) is 1. The first-order valence-corrected chi connectivity index (χ1v) is 6.21. The molecule has 2 rings (SSSR count). The summed E-state index contributed by atoms with van der Waals surface area (Å²) in [6.07, 6.45) is 0.622. The summed E-state index contributed by atoms with van der Waals surface area (Å²) in [6, 6.07) is 8.27. The van der Waals surface area contributed by atoms with E-state index in [1.54, 1.807) is 18.2 Å². The van der Waals surface area contributed by atoms with Gasteiger partial charge in [0.25, 0.3) is 0 Å². The van der Waals surface area contributed by atoms with Gasteiger partial charge in [0.15, 0.2) is 0 Å². The molecule has 4 heteroatoms. The number of hydrogen-bond donors (Lipinski definition) is 1. The average molecular weight is 284 g/mol. The van der Waals surface area contributed by atoms with Crippen LogP contribution in [-0.4, -0.2) is 0 Å². The lowest BCUT2D eigenvalue weighted by Gasteiger charge is -2.10. The zero-order valence-electron chi connectivity index (χ0n) is 9.81. The molecule has 2 aromatic carbocycles. The third kappa shape index (κ3) is 2.77. The highest BCUT2D eigenvalue weighted by Gasteiger charge is 2.07. The summed E-state index contributed by atoms with van der Waals surface area (Å²) < 4.78 is 13.1. The summed E-state index contributed by atoms with van der Waals surface area (Å²) in [6.45, 7) is 1.94. The fourth-order valence-corrected chi connectivity index (χ4v) is 2.26. The lowest BCUT2D eigenvalue weighted by Crippen LogP contribution is -1.97. The Labute approximate surface area is 115 Å². The standard InChI is InChI=1S/C14H12Cl2FN/c1-8-10(6-11(15)7-14(8)18)4-9-2-3-13(17)12(16)5-9/h2-3,5-7H,4,18H2,1H3. The normalized spacial score (nSPS) is 10.7. The topological polar surface area (TPSA) is 26.0 Å². The van der Waals surface area contributed by atoms with Crippen LogP contribution in [0.3, 0.4) is 0 Å². The molecule has 0 bridgehead atoms. The SMILES string of the molecule is Cc1c(N)cc(Cl)cc1Cc1ccc(F)c(Cl)c1. The fraction of sp³-hybridized carbons (Fsp3) is 0.143. The van der Waals surface area contributed by atoms with Crippen molar-refractivity contribution in [2.45, 2.75) is 13.3 Å². The number of benzene rings is 2. The molecule has 0 aliphatic heterocycles. The van der Waals surface area contributed by atoms with Gasteiger partial charge < -0.3 is 5.73 Å². The summed E-state index contributed by atoms with van der Waals surface area (Å²) in [5.74, 6) is -0.414. The molecule has 0 fully saturated rings. The second-order valence-corrected chi connectivity index (χ2v) is 5.05. The van der Waals surface area contributed by atoms with Crippen molar-refractivity contribution in [3.05, 3.63) is 62.9 Å². The Balaban J connectivity index is 2.36. The highest BCUT2D eigenvalue weighted by atomic mass is 35.5. The van der Waals surface area contributed by atoms with Crippen LogP contribution in [0.5, 0.6) is 0 Å². The van der Waals surface area contributed by atoms with E-state index >= 15 is 0 Å². The molecule has 0 saturated heterocycles. The lowest BCUT2D eigenvalue weighted by atomic mass is 9.99. The molecule has 1 nitrogen and oxygen atoms in total. The van der Waals surface area contributed by atoms with Crippen LogP contribution in [0.1, 0.15) is 16.7 Å². The van der Waals surface area contributed by atoms with Crippen LogP contribution in [0.15, 0.2) is 30.3 Å². The molecule has 0 unspecified atom stereocenters. The third-order valence-electron chi connectivity index (χ3n) is 2.90. The first kappa shape index (κ1) is 13.2. The van der Waals surface area contributed by atoms with Gasteiger partial charge in [-0.3, -0.25) is 0 Å². The van der Waals surface area contributed by atoms with Gasteiger partial charge in [0.05, 0.1) is 5.02 Å². The molecule has 0 saturated carbocycles. The molecule has 0 atom stereocenters. The van der Waals surface area contributed by atoms with E-state index in [4.69, 9.17) is 28.9 Å². The molecule has 0 aromatic heterocycles. The van der Waals surface area contributed by atoms with Crippen molar-refractivity contribution in [2.75, 3.05) is 5.73 Å². The van der Waals surface area contributed by atoms with Gasteiger partial charge in [0.1, 0.15) is 5.82 Å². The average Bonchev–Trinajstić information content (AvgIpc) is 2.30. The first-order valence-electron chi connectivity index (χ1n) is 5.46. The van der Waals surface area contributed by atoms with Crippen molar-refractivity contribution in [1.29, 1.82) is 0 Å². The van der Waals surface area contributed by atoms with Gasteiger partial charge in [0.2, 0.25) is 0 Å². The summed E-state index contributed by atoms with van der Waals surface area (Å²) in [5, 5.41) is 0.724. The van der Waals surface area contributed by atoms with Gasteiger partial charge in [-0.05, 0) is 54.3 Å². The van der Waals surface area contributed by atoms with Crippen molar-refractivity contribution in [1.82, 2.24) is 0 Å². The van der Waals surface area contributed by atoms with Gasteiger partial charge in [-0.15, -0.1) is 0 Å².